The quantitative estimate of drug-likeness (QED) is 0.628. The molecule has 0 unspecified atom stereocenters. The fraction of sp³-hybridized carbons (Fsp3) is 0.500. The first-order valence-electron chi connectivity index (χ1n) is 10.7. The Morgan fingerprint density at radius 2 is 1.72 bits per heavy atom. The molecule has 5 nitrogen and oxygen atoms in total. The van der Waals surface area contributed by atoms with Crippen molar-refractivity contribution in [2.24, 2.45) is 0 Å². The van der Waals surface area contributed by atoms with Crippen molar-refractivity contribution in [3.63, 3.8) is 0 Å². The van der Waals surface area contributed by atoms with Crippen molar-refractivity contribution in [2.75, 3.05) is 46.4 Å². The van der Waals surface area contributed by atoms with Gasteiger partial charge in [0.2, 0.25) is 0 Å². The minimum absolute atomic E-state index is 0.286. The molecule has 0 radical (unpaired) electrons. The highest BCUT2D eigenvalue weighted by molar-refractivity contribution is 5.28. The maximum atomic E-state index is 10.3. The van der Waals surface area contributed by atoms with E-state index in [4.69, 9.17) is 9.47 Å². The molecule has 0 spiro atoms. The van der Waals surface area contributed by atoms with E-state index in [1.807, 2.05) is 49.5 Å². The van der Waals surface area contributed by atoms with E-state index in [-0.39, 0.29) is 6.61 Å². The zero-order valence-corrected chi connectivity index (χ0v) is 17.5. The van der Waals surface area contributed by atoms with Crippen molar-refractivity contribution in [3.8, 4) is 11.5 Å². The van der Waals surface area contributed by atoms with Gasteiger partial charge in [-0.05, 0) is 62.8 Å². The smallest absolute Gasteiger partial charge is 0.119 e. The van der Waals surface area contributed by atoms with Crippen LogP contribution < -0.4 is 9.47 Å². The molecule has 3 rings (SSSR count). The van der Waals surface area contributed by atoms with E-state index >= 15 is 0 Å². The van der Waals surface area contributed by atoms with Crippen LogP contribution in [-0.2, 0) is 6.54 Å². The largest absolute Gasteiger partial charge is 0.492 e. The molecule has 1 heterocycles. The maximum absolute atomic E-state index is 10.3. The molecule has 0 bridgehead atoms. The van der Waals surface area contributed by atoms with Gasteiger partial charge in [0, 0.05) is 19.6 Å². The third kappa shape index (κ3) is 8.05. The van der Waals surface area contributed by atoms with Crippen molar-refractivity contribution in [2.45, 2.75) is 31.9 Å². The van der Waals surface area contributed by atoms with Crippen LogP contribution in [0.25, 0.3) is 0 Å². The number of likely N-dealkylation sites (N-methyl/N-ethyl adjacent to an activating group) is 1. The van der Waals surface area contributed by atoms with Crippen LogP contribution in [0.4, 0.5) is 0 Å². The number of aliphatic hydroxyl groups excluding tert-OH is 1. The number of rotatable bonds is 11. The SMILES string of the molecule is CN(Cc1cccc(OCCN2CCCCC2)c1)C[C@H](O)COc1ccccc1. The van der Waals surface area contributed by atoms with Crippen LogP contribution >= 0.6 is 0 Å². The lowest BCUT2D eigenvalue weighted by atomic mass is 10.1. The molecule has 0 aromatic heterocycles. The second kappa shape index (κ2) is 11.8. The summed E-state index contributed by atoms with van der Waals surface area (Å²) in [4.78, 5) is 4.59. The monoisotopic (exact) mass is 398 g/mol. The molecule has 5 heteroatoms. The van der Waals surface area contributed by atoms with Crippen molar-refractivity contribution in [1.82, 2.24) is 9.80 Å². The number of para-hydroxylation sites is 1. The molecule has 29 heavy (non-hydrogen) atoms. The number of benzene rings is 2. The molecule has 1 atom stereocenters. The lowest BCUT2D eigenvalue weighted by Gasteiger charge is -2.26. The van der Waals surface area contributed by atoms with E-state index in [0.717, 1.165) is 31.2 Å². The third-order valence-electron chi connectivity index (χ3n) is 5.18. The van der Waals surface area contributed by atoms with Gasteiger partial charge in [0.25, 0.3) is 0 Å². The summed E-state index contributed by atoms with van der Waals surface area (Å²) in [6.07, 6.45) is 3.44. The Morgan fingerprint density at radius 1 is 0.966 bits per heavy atom. The van der Waals surface area contributed by atoms with Gasteiger partial charge in [-0.2, -0.15) is 0 Å². The highest BCUT2D eigenvalue weighted by Crippen LogP contribution is 2.16. The minimum Gasteiger partial charge on any atom is -0.492 e. The summed E-state index contributed by atoms with van der Waals surface area (Å²) in [7, 11) is 2.01. The summed E-state index contributed by atoms with van der Waals surface area (Å²) in [5.41, 5.74) is 1.18. The van der Waals surface area contributed by atoms with Crippen LogP contribution in [0.2, 0.25) is 0 Å². The zero-order valence-electron chi connectivity index (χ0n) is 17.5. The van der Waals surface area contributed by atoms with Gasteiger partial charge in [0.05, 0.1) is 0 Å². The highest BCUT2D eigenvalue weighted by Gasteiger charge is 2.11. The van der Waals surface area contributed by atoms with Gasteiger partial charge in [0.15, 0.2) is 0 Å². The molecule has 0 saturated carbocycles. The van der Waals surface area contributed by atoms with Gasteiger partial charge in [-0.3, -0.25) is 9.80 Å². The lowest BCUT2D eigenvalue weighted by molar-refractivity contribution is 0.0744. The molecule has 158 valence electrons. The number of nitrogens with zero attached hydrogens (tertiary/aromatic N) is 2. The number of ether oxygens (including phenoxy) is 2. The van der Waals surface area contributed by atoms with Gasteiger partial charge >= 0.3 is 0 Å². The van der Waals surface area contributed by atoms with E-state index in [0.29, 0.717) is 6.54 Å². The molecular formula is C24H34N2O3. The van der Waals surface area contributed by atoms with E-state index in [9.17, 15) is 5.11 Å². The van der Waals surface area contributed by atoms with Gasteiger partial charge in [-0.1, -0.05) is 36.8 Å². The molecule has 2 aromatic rings. The summed E-state index contributed by atoms with van der Waals surface area (Å²) in [5.74, 6) is 1.70. The standard InChI is InChI=1S/C24H34N2O3/c1-25(19-22(27)20-29-23-10-4-2-5-11-23)18-21-9-8-12-24(17-21)28-16-15-26-13-6-3-7-14-26/h2,4-5,8-12,17,22,27H,3,6-7,13-16,18-20H2,1H3/t22-/m0/s1. The fourth-order valence-corrected chi connectivity index (χ4v) is 3.71. The fourth-order valence-electron chi connectivity index (χ4n) is 3.71. The van der Waals surface area contributed by atoms with Crippen molar-refractivity contribution in [3.05, 3.63) is 60.2 Å². The van der Waals surface area contributed by atoms with Crippen molar-refractivity contribution in [1.29, 1.82) is 0 Å². The van der Waals surface area contributed by atoms with Crippen LogP contribution in [0.5, 0.6) is 11.5 Å². The maximum Gasteiger partial charge on any atom is 0.119 e. The van der Waals surface area contributed by atoms with E-state index in [1.165, 1.54) is 37.9 Å². The molecule has 1 N–H and O–H groups in total. The lowest BCUT2D eigenvalue weighted by Crippen LogP contribution is -2.33. The van der Waals surface area contributed by atoms with Gasteiger partial charge in [-0.25, -0.2) is 0 Å². The number of piperidine rings is 1. The average Bonchev–Trinajstić information content (AvgIpc) is 2.74. The number of aliphatic hydroxyl groups is 1. The summed E-state index contributed by atoms with van der Waals surface area (Å²) in [5, 5.41) is 10.3. The Bertz CT molecular complexity index is 704. The predicted octanol–water partition coefficient (Wildman–Crippen LogP) is 3.42. The number of hydrogen-bond acceptors (Lipinski definition) is 5. The Hall–Kier alpha value is -2.08. The van der Waals surface area contributed by atoms with Crippen molar-refractivity contribution >= 4 is 0 Å². The van der Waals surface area contributed by atoms with Crippen LogP contribution in [0.15, 0.2) is 54.6 Å². The molecular weight excluding hydrogens is 364 g/mol. The normalized spacial score (nSPS) is 16.0. The van der Waals surface area contributed by atoms with E-state index < -0.39 is 6.10 Å². The third-order valence-corrected chi connectivity index (χ3v) is 5.18. The van der Waals surface area contributed by atoms with E-state index in [1.54, 1.807) is 0 Å². The second-order valence-electron chi connectivity index (χ2n) is 7.87. The Balaban J connectivity index is 1.38. The van der Waals surface area contributed by atoms with Crippen molar-refractivity contribution < 1.29 is 14.6 Å². The molecule has 0 aliphatic carbocycles. The first-order chi connectivity index (χ1) is 14.2. The minimum atomic E-state index is -0.538. The first-order valence-corrected chi connectivity index (χ1v) is 10.7. The number of hydrogen-bond donors (Lipinski definition) is 1. The van der Waals surface area contributed by atoms with Crippen LogP contribution in [0.3, 0.4) is 0 Å². The molecule has 1 aliphatic rings. The Morgan fingerprint density at radius 3 is 2.52 bits per heavy atom. The molecule has 1 fully saturated rings. The predicted molar refractivity (Wildman–Crippen MR) is 117 cm³/mol. The van der Waals surface area contributed by atoms with Gasteiger partial charge in [0.1, 0.15) is 30.8 Å². The number of likely N-dealkylation sites (tertiary alicyclic amines) is 1. The molecule has 2 aromatic carbocycles. The zero-order chi connectivity index (χ0) is 20.3. The van der Waals surface area contributed by atoms with E-state index in [2.05, 4.69) is 21.9 Å². The van der Waals surface area contributed by atoms with Crippen LogP contribution in [0.1, 0.15) is 24.8 Å². The summed E-state index contributed by atoms with van der Waals surface area (Å²) in [6.45, 7) is 5.72. The molecule has 1 aliphatic heterocycles. The average molecular weight is 399 g/mol. The Kier molecular flexibility index (Phi) is 8.81. The second-order valence-corrected chi connectivity index (χ2v) is 7.87. The van der Waals surface area contributed by atoms with Crippen LogP contribution in [-0.4, -0.2) is 67.5 Å². The molecule has 1 saturated heterocycles. The first kappa shape index (κ1) is 21.6. The Labute approximate surface area is 174 Å². The summed E-state index contributed by atoms with van der Waals surface area (Å²) in [6, 6.07) is 17.8. The van der Waals surface area contributed by atoms with Gasteiger partial charge < -0.3 is 14.6 Å². The highest BCUT2D eigenvalue weighted by atomic mass is 16.5. The summed E-state index contributed by atoms with van der Waals surface area (Å²) < 4.78 is 11.6. The summed E-state index contributed by atoms with van der Waals surface area (Å²) >= 11 is 0. The molecule has 0 amide bonds. The van der Waals surface area contributed by atoms with Crippen LogP contribution in [0, 0.1) is 0 Å². The van der Waals surface area contributed by atoms with Gasteiger partial charge in [-0.15, -0.1) is 0 Å². The topological polar surface area (TPSA) is 45.2 Å².